The van der Waals surface area contributed by atoms with Crippen molar-refractivity contribution in [2.24, 2.45) is 5.92 Å². The van der Waals surface area contributed by atoms with E-state index in [1.165, 1.54) is 7.11 Å². The van der Waals surface area contributed by atoms with Crippen molar-refractivity contribution >= 4 is 27.4 Å². The molecule has 3 atom stereocenters. The molecule has 0 bridgehead atoms. The fraction of sp³-hybridized carbons (Fsp3) is 0.222. The molecule has 8 heteroatoms. The highest BCUT2D eigenvalue weighted by atomic mass is 32.2. The van der Waals surface area contributed by atoms with Crippen molar-refractivity contribution in [1.29, 1.82) is 0 Å². The van der Waals surface area contributed by atoms with Crippen LogP contribution in [0.25, 0.3) is 0 Å². The minimum atomic E-state index is -3.76. The van der Waals surface area contributed by atoms with Gasteiger partial charge in [0.25, 0.3) is 10.0 Å². The average molecular weight is 491 g/mol. The van der Waals surface area contributed by atoms with Crippen LogP contribution in [0.4, 0.5) is 11.4 Å². The lowest BCUT2D eigenvalue weighted by Gasteiger charge is -2.37. The Morgan fingerprint density at radius 2 is 1.74 bits per heavy atom. The van der Waals surface area contributed by atoms with Crippen LogP contribution in [0.2, 0.25) is 0 Å². The summed E-state index contributed by atoms with van der Waals surface area (Å²) < 4.78 is 38.8. The zero-order valence-corrected chi connectivity index (χ0v) is 20.2. The Hall–Kier alpha value is -3.78. The van der Waals surface area contributed by atoms with Crippen molar-refractivity contribution in [3.8, 4) is 5.75 Å². The third-order valence-electron chi connectivity index (χ3n) is 6.68. The predicted molar refractivity (Wildman–Crippen MR) is 134 cm³/mol. The predicted octanol–water partition coefficient (Wildman–Crippen LogP) is 5.11. The number of hydrogen-bond acceptors (Lipinski definition) is 6. The van der Waals surface area contributed by atoms with Crippen LogP contribution in [0.3, 0.4) is 0 Å². The molecule has 0 aromatic heterocycles. The van der Waals surface area contributed by atoms with Gasteiger partial charge in [-0.1, -0.05) is 24.3 Å². The Bertz CT molecular complexity index is 1380. The zero-order chi connectivity index (χ0) is 24.6. The van der Waals surface area contributed by atoms with Gasteiger partial charge in [-0.25, -0.2) is 13.2 Å². The number of esters is 1. The molecule has 0 saturated carbocycles. The lowest BCUT2D eigenvalue weighted by molar-refractivity contribution is 0.0600. The van der Waals surface area contributed by atoms with Gasteiger partial charge in [0.2, 0.25) is 0 Å². The van der Waals surface area contributed by atoms with Crippen LogP contribution >= 0.6 is 0 Å². The number of sulfonamides is 1. The van der Waals surface area contributed by atoms with E-state index in [0.717, 1.165) is 23.2 Å². The van der Waals surface area contributed by atoms with E-state index in [4.69, 9.17) is 9.47 Å². The van der Waals surface area contributed by atoms with Crippen molar-refractivity contribution in [1.82, 2.24) is 0 Å². The van der Waals surface area contributed by atoms with Crippen LogP contribution in [0.5, 0.6) is 5.75 Å². The average Bonchev–Trinajstić information content (AvgIpc) is 3.38. The highest BCUT2D eigenvalue weighted by Crippen LogP contribution is 2.50. The third-order valence-corrected chi connectivity index (χ3v) is 8.06. The number of hydrogen-bond donors (Lipinski definition) is 2. The summed E-state index contributed by atoms with van der Waals surface area (Å²) in [5.41, 5.74) is 3.91. The number of carbonyl (C=O) groups is 1. The molecule has 1 aliphatic carbocycles. The molecule has 35 heavy (non-hydrogen) atoms. The lowest BCUT2D eigenvalue weighted by atomic mass is 9.77. The first-order chi connectivity index (χ1) is 16.9. The molecule has 0 fully saturated rings. The largest absolute Gasteiger partial charge is 0.497 e. The topological polar surface area (TPSA) is 93.7 Å². The highest BCUT2D eigenvalue weighted by molar-refractivity contribution is 7.92. The maximum Gasteiger partial charge on any atom is 0.337 e. The molecule has 0 spiro atoms. The van der Waals surface area contributed by atoms with Crippen molar-refractivity contribution in [3.05, 3.63) is 95.6 Å². The van der Waals surface area contributed by atoms with Gasteiger partial charge in [-0.2, -0.15) is 0 Å². The molecule has 7 nitrogen and oxygen atoms in total. The van der Waals surface area contributed by atoms with Gasteiger partial charge in [0.1, 0.15) is 5.75 Å². The molecular weight excluding hydrogens is 464 g/mol. The van der Waals surface area contributed by atoms with E-state index in [-0.39, 0.29) is 28.7 Å². The number of carbonyl (C=O) groups excluding carboxylic acids is 1. The van der Waals surface area contributed by atoms with Gasteiger partial charge in [0.15, 0.2) is 0 Å². The Morgan fingerprint density at radius 1 is 1.00 bits per heavy atom. The molecule has 3 aromatic rings. The van der Waals surface area contributed by atoms with Crippen LogP contribution < -0.4 is 14.8 Å². The first kappa shape index (κ1) is 23.0. The summed E-state index contributed by atoms with van der Waals surface area (Å²) in [5, 5.41) is 3.60. The number of benzene rings is 3. The van der Waals surface area contributed by atoms with Crippen molar-refractivity contribution in [2.45, 2.75) is 23.3 Å². The van der Waals surface area contributed by atoms with Gasteiger partial charge in [0.05, 0.1) is 30.7 Å². The SMILES string of the molecule is COC(=O)c1ccc([C@H]2Nc3ccc(S(=O)(=O)Nc4ccc(OC)cc4)cc3[C@H]3C=CC[C@H]32)cc1. The van der Waals surface area contributed by atoms with E-state index in [1.807, 2.05) is 18.2 Å². The van der Waals surface area contributed by atoms with E-state index in [9.17, 15) is 13.2 Å². The van der Waals surface area contributed by atoms with Crippen LogP contribution in [-0.2, 0) is 14.8 Å². The molecule has 3 aromatic carbocycles. The van der Waals surface area contributed by atoms with Crippen LogP contribution in [-0.4, -0.2) is 28.6 Å². The fourth-order valence-electron chi connectivity index (χ4n) is 4.89. The number of nitrogens with one attached hydrogen (secondary N) is 2. The van der Waals surface area contributed by atoms with E-state index in [2.05, 4.69) is 22.2 Å². The van der Waals surface area contributed by atoms with E-state index in [1.54, 1.807) is 55.6 Å². The summed E-state index contributed by atoms with van der Waals surface area (Å²) in [5.74, 6) is 0.615. The minimum Gasteiger partial charge on any atom is -0.497 e. The number of anilines is 2. The first-order valence-electron chi connectivity index (χ1n) is 11.3. The lowest BCUT2D eigenvalue weighted by Crippen LogP contribution is -2.29. The maximum absolute atomic E-state index is 13.1. The van der Waals surface area contributed by atoms with Gasteiger partial charge in [0, 0.05) is 17.3 Å². The molecule has 0 saturated heterocycles. The molecule has 180 valence electrons. The van der Waals surface area contributed by atoms with Crippen molar-refractivity contribution in [3.63, 3.8) is 0 Å². The summed E-state index contributed by atoms with van der Waals surface area (Å²) in [7, 11) is -0.834. The first-order valence-corrected chi connectivity index (χ1v) is 12.8. The quantitative estimate of drug-likeness (QED) is 0.368. The molecule has 0 unspecified atom stereocenters. The molecule has 5 rings (SSSR count). The number of methoxy groups -OCH3 is 2. The Balaban J connectivity index is 1.43. The van der Waals surface area contributed by atoms with Crippen LogP contribution in [0.15, 0.2) is 83.8 Å². The van der Waals surface area contributed by atoms with Gasteiger partial charge in [-0.15, -0.1) is 0 Å². The van der Waals surface area contributed by atoms with E-state index < -0.39 is 10.0 Å². The second kappa shape index (κ2) is 9.11. The summed E-state index contributed by atoms with van der Waals surface area (Å²) in [4.78, 5) is 12.0. The smallest absolute Gasteiger partial charge is 0.337 e. The van der Waals surface area contributed by atoms with Crippen LogP contribution in [0, 0.1) is 5.92 Å². The zero-order valence-electron chi connectivity index (χ0n) is 19.4. The Kier molecular flexibility index (Phi) is 5.98. The maximum atomic E-state index is 13.1. The van der Waals surface area contributed by atoms with Crippen molar-refractivity contribution in [2.75, 3.05) is 24.3 Å². The summed E-state index contributed by atoms with van der Waals surface area (Å²) >= 11 is 0. The monoisotopic (exact) mass is 490 g/mol. The number of rotatable bonds is 6. The molecular formula is C27H26N2O5S. The van der Waals surface area contributed by atoms with Crippen LogP contribution in [0.1, 0.15) is 39.9 Å². The second-order valence-corrected chi connectivity index (χ2v) is 10.4. The van der Waals surface area contributed by atoms with E-state index in [0.29, 0.717) is 17.0 Å². The second-order valence-electron chi connectivity index (χ2n) is 8.67. The fourth-order valence-corrected chi connectivity index (χ4v) is 5.98. The van der Waals surface area contributed by atoms with Gasteiger partial charge >= 0.3 is 5.97 Å². The molecule has 0 amide bonds. The van der Waals surface area contributed by atoms with Gasteiger partial charge < -0.3 is 14.8 Å². The summed E-state index contributed by atoms with van der Waals surface area (Å²) in [6.07, 6.45) is 5.19. The molecule has 2 N–H and O–H groups in total. The molecule has 2 aliphatic rings. The van der Waals surface area contributed by atoms with Gasteiger partial charge in [-0.05, 0) is 78.1 Å². The summed E-state index contributed by atoms with van der Waals surface area (Å²) in [6, 6.07) is 19.4. The Labute approximate surface area is 204 Å². The van der Waals surface area contributed by atoms with Crippen molar-refractivity contribution < 1.29 is 22.7 Å². The number of ether oxygens (including phenoxy) is 2. The summed E-state index contributed by atoms with van der Waals surface area (Å²) in [6.45, 7) is 0. The third kappa shape index (κ3) is 4.37. The number of fused-ring (bicyclic) bond motifs is 3. The van der Waals surface area contributed by atoms with Gasteiger partial charge in [-0.3, -0.25) is 4.72 Å². The highest BCUT2D eigenvalue weighted by Gasteiger charge is 2.38. The van der Waals surface area contributed by atoms with E-state index >= 15 is 0 Å². The molecule has 0 radical (unpaired) electrons. The Morgan fingerprint density at radius 3 is 2.43 bits per heavy atom. The normalized spacial score (nSPS) is 20.3. The number of allylic oxidation sites excluding steroid dienone is 2. The standard InChI is InChI=1S/C27H26N2O5S/c1-33-20-12-10-19(11-13-20)29-35(31,32)21-14-15-25-24(16-21)22-4-3-5-23(22)26(28-25)17-6-8-18(9-7-17)27(30)34-2/h3-4,6-16,22-23,26,28-29H,5H2,1-2H3/t22-,23+,26+/m0/s1. The molecule has 1 heterocycles. The molecule has 1 aliphatic heterocycles. The minimum absolute atomic E-state index is 0.0362.